The van der Waals surface area contributed by atoms with Crippen molar-refractivity contribution in [1.82, 2.24) is 0 Å². The van der Waals surface area contributed by atoms with Crippen LogP contribution < -0.4 is 14.2 Å². The van der Waals surface area contributed by atoms with Crippen LogP contribution in [-0.4, -0.2) is 32.4 Å². The van der Waals surface area contributed by atoms with Crippen LogP contribution in [0.1, 0.15) is 31.2 Å². The third kappa shape index (κ3) is 3.09. The van der Waals surface area contributed by atoms with Crippen molar-refractivity contribution in [3.8, 4) is 17.2 Å². The van der Waals surface area contributed by atoms with Gasteiger partial charge in [0.05, 0.1) is 32.3 Å². The van der Waals surface area contributed by atoms with Crippen molar-refractivity contribution in [3.05, 3.63) is 16.7 Å². The average molecular weight is 329 g/mol. The summed E-state index contributed by atoms with van der Waals surface area (Å²) in [6, 6.07) is 1.81. The molecule has 0 radical (unpaired) electrons. The van der Waals surface area contributed by atoms with Gasteiger partial charge in [-0.3, -0.25) is 4.79 Å². The molecule has 3 atom stereocenters. The molecule has 0 aliphatic heterocycles. The summed E-state index contributed by atoms with van der Waals surface area (Å²) < 4.78 is 16.1. The summed E-state index contributed by atoms with van der Waals surface area (Å²) in [7, 11) is 4.62. The highest BCUT2D eigenvalue weighted by atomic mass is 35.5. The minimum Gasteiger partial charge on any atom is -0.492 e. The van der Waals surface area contributed by atoms with Gasteiger partial charge in [0.2, 0.25) is 5.75 Å². The molecular weight excluding hydrogens is 308 g/mol. The predicted molar refractivity (Wildman–Crippen MR) is 83.4 cm³/mol. The van der Waals surface area contributed by atoms with Crippen LogP contribution in [-0.2, 0) is 4.79 Å². The summed E-state index contributed by atoms with van der Waals surface area (Å²) in [6.45, 7) is 2.04. The van der Waals surface area contributed by atoms with Gasteiger partial charge in [-0.05, 0) is 30.7 Å². The van der Waals surface area contributed by atoms with Crippen molar-refractivity contribution < 1.29 is 24.1 Å². The van der Waals surface area contributed by atoms with Crippen LogP contribution in [0.3, 0.4) is 0 Å². The highest BCUT2D eigenvalue weighted by Crippen LogP contribution is 2.51. The third-order valence-corrected chi connectivity index (χ3v) is 4.49. The SMILES string of the molecule is COc1c(Cl)cc(C(C)CC2CC2C(=O)O)c(OC)c1OC. The smallest absolute Gasteiger partial charge is 0.306 e. The van der Waals surface area contributed by atoms with E-state index in [0.717, 1.165) is 18.4 Å². The zero-order valence-electron chi connectivity index (χ0n) is 13.2. The van der Waals surface area contributed by atoms with E-state index in [4.69, 9.17) is 30.9 Å². The molecule has 0 aromatic heterocycles. The van der Waals surface area contributed by atoms with Gasteiger partial charge in [-0.25, -0.2) is 0 Å². The Morgan fingerprint density at radius 2 is 1.86 bits per heavy atom. The molecule has 1 aromatic carbocycles. The van der Waals surface area contributed by atoms with Crippen LogP contribution in [0.5, 0.6) is 17.2 Å². The lowest BCUT2D eigenvalue weighted by Gasteiger charge is -2.20. The van der Waals surface area contributed by atoms with Gasteiger partial charge in [-0.15, -0.1) is 0 Å². The summed E-state index contributed by atoms with van der Waals surface area (Å²) in [4.78, 5) is 11.0. The van der Waals surface area contributed by atoms with Gasteiger partial charge in [0.25, 0.3) is 0 Å². The molecule has 1 aliphatic carbocycles. The fraction of sp³-hybridized carbons (Fsp3) is 0.562. The van der Waals surface area contributed by atoms with E-state index < -0.39 is 5.97 Å². The third-order valence-electron chi connectivity index (χ3n) is 4.21. The molecule has 1 aromatic rings. The van der Waals surface area contributed by atoms with E-state index in [1.165, 1.54) is 14.2 Å². The second kappa shape index (κ2) is 6.65. The van der Waals surface area contributed by atoms with Crippen LogP contribution >= 0.6 is 11.6 Å². The summed E-state index contributed by atoms with van der Waals surface area (Å²) >= 11 is 6.26. The van der Waals surface area contributed by atoms with Crippen molar-refractivity contribution >= 4 is 17.6 Å². The number of aliphatic carboxylic acids is 1. The van der Waals surface area contributed by atoms with Crippen molar-refractivity contribution in [2.45, 2.75) is 25.7 Å². The van der Waals surface area contributed by atoms with Gasteiger partial charge >= 0.3 is 5.97 Å². The van der Waals surface area contributed by atoms with Crippen molar-refractivity contribution in [2.75, 3.05) is 21.3 Å². The number of hydrogen-bond donors (Lipinski definition) is 1. The minimum absolute atomic E-state index is 0.113. The first-order valence-electron chi connectivity index (χ1n) is 7.15. The zero-order valence-corrected chi connectivity index (χ0v) is 13.9. The number of benzene rings is 1. The Morgan fingerprint density at radius 1 is 1.27 bits per heavy atom. The summed E-state index contributed by atoms with van der Waals surface area (Å²) in [6.07, 6.45) is 1.52. The van der Waals surface area contributed by atoms with Crippen molar-refractivity contribution in [2.24, 2.45) is 11.8 Å². The zero-order chi connectivity index (χ0) is 16.4. The minimum atomic E-state index is -0.713. The number of carbonyl (C=O) groups is 1. The van der Waals surface area contributed by atoms with Gasteiger partial charge in [0.15, 0.2) is 11.5 Å². The molecule has 0 bridgehead atoms. The maximum atomic E-state index is 11.0. The van der Waals surface area contributed by atoms with E-state index in [2.05, 4.69) is 0 Å². The lowest BCUT2D eigenvalue weighted by atomic mass is 9.93. The fourth-order valence-electron chi connectivity index (χ4n) is 2.95. The van der Waals surface area contributed by atoms with Gasteiger partial charge < -0.3 is 19.3 Å². The van der Waals surface area contributed by atoms with Crippen molar-refractivity contribution in [3.63, 3.8) is 0 Å². The van der Waals surface area contributed by atoms with E-state index in [1.54, 1.807) is 7.11 Å². The van der Waals surface area contributed by atoms with Crippen LogP contribution in [0, 0.1) is 11.8 Å². The Kier molecular flexibility index (Phi) is 5.06. The van der Waals surface area contributed by atoms with E-state index in [9.17, 15) is 4.79 Å². The predicted octanol–water partition coefficient (Wildman–Crippen LogP) is 3.58. The van der Waals surface area contributed by atoms with Gasteiger partial charge in [0.1, 0.15) is 0 Å². The van der Waals surface area contributed by atoms with Crippen LogP contribution in [0.2, 0.25) is 5.02 Å². The van der Waals surface area contributed by atoms with Gasteiger partial charge in [-0.1, -0.05) is 18.5 Å². The molecule has 2 rings (SSSR count). The monoisotopic (exact) mass is 328 g/mol. The topological polar surface area (TPSA) is 65.0 Å². The number of halogens is 1. The molecule has 6 heteroatoms. The molecule has 122 valence electrons. The lowest BCUT2D eigenvalue weighted by Crippen LogP contribution is -2.05. The van der Waals surface area contributed by atoms with Crippen LogP contribution in [0.25, 0.3) is 0 Å². The number of hydrogen-bond acceptors (Lipinski definition) is 4. The maximum absolute atomic E-state index is 11.0. The van der Waals surface area contributed by atoms with Gasteiger partial charge in [-0.2, -0.15) is 0 Å². The summed E-state index contributed by atoms with van der Waals surface area (Å²) in [5, 5.41) is 9.47. The number of ether oxygens (including phenoxy) is 3. The number of carboxylic acid groups (broad SMARTS) is 1. The first-order valence-corrected chi connectivity index (χ1v) is 7.53. The van der Waals surface area contributed by atoms with E-state index in [1.807, 2.05) is 13.0 Å². The highest BCUT2D eigenvalue weighted by molar-refractivity contribution is 6.32. The Hall–Kier alpha value is -1.62. The van der Waals surface area contributed by atoms with E-state index in [-0.39, 0.29) is 17.8 Å². The van der Waals surface area contributed by atoms with Crippen LogP contribution in [0.15, 0.2) is 6.07 Å². The van der Waals surface area contributed by atoms with E-state index in [0.29, 0.717) is 22.3 Å². The molecular formula is C16H21ClO5. The molecule has 3 unspecified atom stereocenters. The first kappa shape index (κ1) is 16.7. The molecule has 1 aliphatic rings. The fourth-order valence-corrected chi connectivity index (χ4v) is 3.23. The second-order valence-electron chi connectivity index (χ2n) is 5.62. The molecule has 0 spiro atoms. The molecule has 0 heterocycles. The Bertz CT molecular complexity index is 572. The maximum Gasteiger partial charge on any atom is 0.306 e. The average Bonchev–Trinajstić information content (AvgIpc) is 3.25. The lowest BCUT2D eigenvalue weighted by molar-refractivity contribution is -0.138. The number of carboxylic acids is 1. The Balaban J connectivity index is 2.30. The second-order valence-corrected chi connectivity index (χ2v) is 6.03. The van der Waals surface area contributed by atoms with E-state index >= 15 is 0 Å². The Labute approximate surface area is 135 Å². The largest absolute Gasteiger partial charge is 0.492 e. The van der Waals surface area contributed by atoms with Crippen molar-refractivity contribution in [1.29, 1.82) is 0 Å². The Morgan fingerprint density at radius 3 is 2.32 bits per heavy atom. The quantitative estimate of drug-likeness (QED) is 0.828. The molecule has 1 fully saturated rings. The number of rotatable bonds is 7. The molecule has 0 saturated heterocycles. The van der Waals surface area contributed by atoms with Gasteiger partial charge in [0, 0.05) is 5.56 Å². The molecule has 5 nitrogen and oxygen atoms in total. The number of methoxy groups -OCH3 is 3. The van der Waals surface area contributed by atoms with Crippen LogP contribution in [0.4, 0.5) is 0 Å². The molecule has 1 saturated carbocycles. The highest BCUT2D eigenvalue weighted by Gasteiger charge is 2.44. The molecule has 22 heavy (non-hydrogen) atoms. The standard InChI is InChI=1S/C16H21ClO5/c1-8(5-9-6-11(9)16(18)19)10-7-12(17)14(21-3)15(22-4)13(10)20-2/h7-9,11H,5-6H2,1-4H3,(H,18,19). The normalized spacial score (nSPS) is 21.1. The summed E-state index contributed by atoms with van der Waals surface area (Å²) in [5.41, 5.74) is 0.904. The summed E-state index contributed by atoms with van der Waals surface area (Å²) in [5.74, 6) is 0.879. The molecule has 0 amide bonds. The first-order chi connectivity index (χ1) is 10.4. The molecule has 1 N–H and O–H groups in total.